The summed E-state index contributed by atoms with van der Waals surface area (Å²) in [4.78, 5) is 6.82. The van der Waals surface area contributed by atoms with Gasteiger partial charge in [-0.25, -0.2) is 0 Å². The maximum atomic E-state index is 4.64. The van der Waals surface area contributed by atoms with E-state index in [-0.39, 0.29) is 5.54 Å². The molecule has 74 valence electrons. The van der Waals surface area contributed by atoms with Gasteiger partial charge in [-0.05, 0) is 26.2 Å². The van der Waals surface area contributed by atoms with Crippen molar-refractivity contribution in [2.24, 2.45) is 4.99 Å². The van der Waals surface area contributed by atoms with Crippen molar-refractivity contribution in [1.29, 1.82) is 0 Å². The van der Waals surface area contributed by atoms with Gasteiger partial charge in [0.25, 0.3) is 0 Å². The summed E-state index contributed by atoms with van der Waals surface area (Å²) in [7, 11) is 4.18. The highest BCUT2D eigenvalue weighted by Gasteiger charge is 2.24. The van der Waals surface area contributed by atoms with Crippen LogP contribution in [0.15, 0.2) is 16.8 Å². The average Bonchev–Trinajstić information content (AvgIpc) is 2.01. The Morgan fingerprint density at radius 3 is 2.54 bits per heavy atom. The van der Waals surface area contributed by atoms with E-state index in [0.717, 1.165) is 11.5 Å². The average molecular weight is 198 g/mol. The van der Waals surface area contributed by atoms with Crippen molar-refractivity contribution in [3.05, 3.63) is 11.8 Å². The molecule has 0 aromatic heterocycles. The van der Waals surface area contributed by atoms with E-state index in [4.69, 9.17) is 0 Å². The SMILES string of the molecule is CSC1=NC(C)(C)CC(N(C)C)=C1. The van der Waals surface area contributed by atoms with Gasteiger partial charge >= 0.3 is 0 Å². The number of hydrogen-bond donors (Lipinski definition) is 0. The number of hydrogen-bond acceptors (Lipinski definition) is 3. The van der Waals surface area contributed by atoms with E-state index < -0.39 is 0 Å². The zero-order valence-electron chi connectivity index (χ0n) is 9.09. The minimum atomic E-state index is 0.0622. The summed E-state index contributed by atoms with van der Waals surface area (Å²) in [6.07, 6.45) is 5.28. The molecule has 1 aliphatic heterocycles. The van der Waals surface area contributed by atoms with Gasteiger partial charge in [0.2, 0.25) is 0 Å². The first-order chi connectivity index (χ1) is 5.94. The van der Waals surface area contributed by atoms with Crippen LogP contribution in [0.1, 0.15) is 20.3 Å². The molecule has 1 heterocycles. The van der Waals surface area contributed by atoms with Crippen LogP contribution in [0.3, 0.4) is 0 Å². The number of dihydropyridines is 1. The third kappa shape index (κ3) is 2.76. The largest absolute Gasteiger partial charge is 0.381 e. The minimum absolute atomic E-state index is 0.0622. The third-order valence-electron chi connectivity index (χ3n) is 2.10. The summed E-state index contributed by atoms with van der Waals surface area (Å²) in [6, 6.07) is 0. The molecule has 0 fully saturated rings. The standard InChI is InChI=1S/C10H18N2S/c1-10(2)7-8(12(3)4)6-9(11-10)13-5/h6H,7H2,1-5H3. The van der Waals surface area contributed by atoms with Crippen molar-refractivity contribution in [1.82, 2.24) is 4.90 Å². The summed E-state index contributed by atoms with van der Waals surface area (Å²) in [5, 5.41) is 1.14. The molecule has 0 amide bonds. The molecule has 3 heteroatoms. The molecule has 1 rings (SSSR count). The molecule has 0 aromatic rings. The fraction of sp³-hybridized carbons (Fsp3) is 0.700. The van der Waals surface area contributed by atoms with Crippen LogP contribution < -0.4 is 0 Å². The second kappa shape index (κ2) is 3.74. The first-order valence-corrected chi connectivity index (χ1v) is 5.69. The molecule has 0 unspecified atom stereocenters. The van der Waals surface area contributed by atoms with E-state index in [2.05, 4.69) is 50.2 Å². The maximum Gasteiger partial charge on any atom is 0.0925 e. The van der Waals surface area contributed by atoms with Gasteiger partial charge in [-0.15, -0.1) is 11.8 Å². The van der Waals surface area contributed by atoms with Crippen LogP contribution in [0.4, 0.5) is 0 Å². The molecular weight excluding hydrogens is 180 g/mol. The molecule has 0 saturated heterocycles. The van der Waals surface area contributed by atoms with Gasteiger partial charge in [0.05, 0.1) is 10.6 Å². The Hall–Kier alpha value is -0.440. The van der Waals surface area contributed by atoms with Crippen molar-refractivity contribution in [3.63, 3.8) is 0 Å². The molecule has 0 N–H and O–H groups in total. The zero-order chi connectivity index (χ0) is 10.1. The second-order valence-corrected chi connectivity index (χ2v) is 5.00. The molecule has 2 nitrogen and oxygen atoms in total. The second-order valence-electron chi connectivity index (χ2n) is 4.17. The first-order valence-electron chi connectivity index (χ1n) is 4.46. The van der Waals surface area contributed by atoms with Gasteiger partial charge in [-0.2, -0.15) is 0 Å². The molecule has 1 aliphatic rings. The van der Waals surface area contributed by atoms with E-state index in [1.165, 1.54) is 5.70 Å². The molecule has 0 spiro atoms. The van der Waals surface area contributed by atoms with Crippen molar-refractivity contribution in [3.8, 4) is 0 Å². The topological polar surface area (TPSA) is 15.6 Å². The monoisotopic (exact) mass is 198 g/mol. The Kier molecular flexibility index (Phi) is 3.06. The predicted octanol–water partition coefficient (Wildman–Crippen LogP) is 2.38. The van der Waals surface area contributed by atoms with Gasteiger partial charge in [-0.1, -0.05) is 0 Å². The highest BCUT2D eigenvalue weighted by Crippen LogP contribution is 2.27. The number of thioether (sulfide) groups is 1. The van der Waals surface area contributed by atoms with E-state index >= 15 is 0 Å². The van der Waals surface area contributed by atoms with Crippen molar-refractivity contribution in [2.45, 2.75) is 25.8 Å². The van der Waals surface area contributed by atoms with Crippen molar-refractivity contribution < 1.29 is 0 Å². The van der Waals surface area contributed by atoms with Crippen LogP contribution in [0.2, 0.25) is 0 Å². The number of rotatable bonds is 1. The Morgan fingerprint density at radius 2 is 2.08 bits per heavy atom. The molecule has 0 aromatic carbocycles. The molecule has 0 aliphatic carbocycles. The summed E-state index contributed by atoms with van der Waals surface area (Å²) in [5.74, 6) is 0. The molecule has 0 atom stereocenters. The van der Waals surface area contributed by atoms with Crippen LogP contribution in [0, 0.1) is 0 Å². The van der Waals surface area contributed by atoms with Crippen LogP contribution in [-0.2, 0) is 0 Å². The van der Waals surface area contributed by atoms with Gasteiger partial charge < -0.3 is 4.90 Å². The quantitative estimate of drug-likeness (QED) is 0.643. The van der Waals surface area contributed by atoms with Gasteiger partial charge in [0.15, 0.2) is 0 Å². The van der Waals surface area contributed by atoms with Gasteiger partial charge in [0, 0.05) is 26.2 Å². The van der Waals surface area contributed by atoms with Crippen LogP contribution in [0.25, 0.3) is 0 Å². The predicted molar refractivity (Wildman–Crippen MR) is 61.4 cm³/mol. The third-order valence-corrected chi connectivity index (χ3v) is 2.73. The highest BCUT2D eigenvalue weighted by atomic mass is 32.2. The lowest BCUT2D eigenvalue weighted by atomic mass is 9.96. The lowest BCUT2D eigenvalue weighted by Crippen LogP contribution is -2.28. The summed E-state index contributed by atoms with van der Waals surface area (Å²) in [6.45, 7) is 4.36. The maximum absolute atomic E-state index is 4.64. The molecular formula is C10H18N2S. The molecule has 13 heavy (non-hydrogen) atoms. The number of nitrogens with zero attached hydrogens (tertiary/aromatic N) is 2. The Bertz CT molecular complexity index is 252. The van der Waals surface area contributed by atoms with Gasteiger partial charge in [-0.3, -0.25) is 4.99 Å². The minimum Gasteiger partial charge on any atom is -0.381 e. The zero-order valence-corrected chi connectivity index (χ0v) is 9.90. The van der Waals surface area contributed by atoms with Gasteiger partial charge in [0.1, 0.15) is 0 Å². The summed E-state index contributed by atoms with van der Waals surface area (Å²) in [5.41, 5.74) is 1.43. The first kappa shape index (κ1) is 10.6. The van der Waals surface area contributed by atoms with Crippen LogP contribution >= 0.6 is 11.8 Å². The van der Waals surface area contributed by atoms with Crippen molar-refractivity contribution >= 4 is 16.8 Å². The summed E-state index contributed by atoms with van der Waals surface area (Å²) >= 11 is 1.72. The molecule has 0 radical (unpaired) electrons. The van der Waals surface area contributed by atoms with E-state index in [9.17, 15) is 0 Å². The van der Waals surface area contributed by atoms with E-state index in [0.29, 0.717) is 0 Å². The fourth-order valence-electron chi connectivity index (χ4n) is 1.40. The van der Waals surface area contributed by atoms with Crippen molar-refractivity contribution in [2.75, 3.05) is 20.4 Å². The lowest BCUT2D eigenvalue weighted by Gasteiger charge is -2.30. The molecule has 0 saturated carbocycles. The smallest absolute Gasteiger partial charge is 0.0925 e. The lowest BCUT2D eigenvalue weighted by molar-refractivity contribution is 0.414. The number of aliphatic imine (C=N–C) groups is 1. The Labute approximate surface area is 85.1 Å². The highest BCUT2D eigenvalue weighted by molar-refractivity contribution is 8.13. The van der Waals surface area contributed by atoms with Crippen LogP contribution in [-0.4, -0.2) is 35.8 Å². The Balaban J connectivity index is 2.91. The molecule has 0 bridgehead atoms. The fourth-order valence-corrected chi connectivity index (χ4v) is 1.99. The normalized spacial score (nSPS) is 20.7. The van der Waals surface area contributed by atoms with E-state index in [1.807, 2.05) is 0 Å². The Morgan fingerprint density at radius 1 is 1.46 bits per heavy atom. The van der Waals surface area contributed by atoms with Crippen LogP contribution in [0.5, 0.6) is 0 Å². The summed E-state index contributed by atoms with van der Waals surface area (Å²) < 4.78 is 0. The van der Waals surface area contributed by atoms with E-state index in [1.54, 1.807) is 11.8 Å².